The molecule has 0 aliphatic rings. The van der Waals surface area contributed by atoms with E-state index < -0.39 is 0 Å². The van der Waals surface area contributed by atoms with E-state index in [0.717, 1.165) is 5.70 Å². The summed E-state index contributed by atoms with van der Waals surface area (Å²) < 4.78 is 0. The van der Waals surface area contributed by atoms with Crippen molar-refractivity contribution in [2.24, 2.45) is 5.92 Å². The van der Waals surface area contributed by atoms with Gasteiger partial charge in [0.15, 0.2) is 0 Å². The van der Waals surface area contributed by atoms with Gasteiger partial charge in [0.05, 0.1) is 0 Å². The fourth-order valence-electron chi connectivity index (χ4n) is 0.724. The summed E-state index contributed by atoms with van der Waals surface area (Å²) in [4.78, 5) is 11.3. The molecule has 0 fully saturated rings. The van der Waals surface area contributed by atoms with Gasteiger partial charge in [-0.3, -0.25) is 4.79 Å². The van der Waals surface area contributed by atoms with Crippen molar-refractivity contribution in [3.8, 4) is 0 Å². The van der Waals surface area contributed by atoms with E-state index in [1.165, 1.54) is 0 Å². The molecule has 0 saturated heterocycles. The summed E-state index contributed by atoms with van der Waals surface area (Å²) in [6, 6.07) is 0. The van der Waals surface area contributed by atoms with Crippen LogP contribution in [0.1, 0.15) is 13.8 Å². The van der Waals surface area contributed by atoms with Crippen LogP contribution < -0.4 is 5.32 Å². The highest BCUT2D eigenvalue weighted by Crippen LogP contribution is 1.98. The van der Waals surface area contributed by atoms with Gasteiger partial charge in [-0.2, -0.15) is 0 Å². The molecule has 0 aromatic carbocycles. The maximum Gasteiger partial charge on any atom is 0.226 e. The van der Waals surface area contributed by atoms with Gasteiger partial charge in [-0.05, 0) is 12.2 Å². The SMILES string of the molecule is C=C/C=C\C(=C/C=C)NC(=O)C(C)C. The Morgan fingerprint density at radius 3 is 2.36 bits per heavy atom. The van der Waals surface area contributed by atoms with Crippen LogP contribution in [0.4, 0.5) is 0 Å². The number of amides is 1. The number of hydrogen-bond acceptors (Lipinski definition) is 1. The molecule has 0 bridgehead atoms. The smallest absolute Gasteiger partial charge is 0.226 e. The summed E-state index contributed by atoms with van der Waals surface area (Å²) in [5.41, 5.74) is 0.721. The molecule has 0 aliphatic carbocycles. The van der Waals surface area contributed by atoms with Gasteiger partial charge in [0.25, 0.3) is 0 Å². The first-order chi connectivity index (χ1) is 6.61. The summed E-state index contributed by atoms with van der Waals surface area (Å²) in [5.74, 6) is -0.0350. The van der Waals surface area contributed by atoms with Crippen LogP contribution in [0.3, 0.4) is 0 Å². The number of carbonyl (C=O) groups is 1. The Balaban J connectivity index is 4.46. The second-order valence-corrected chi connectivity index (χ2v) is 3.10. The average molecular weight is 191 g/mol. The van der Waals surface area contributed by atoms with E-state index in [4.69, 9.17) is 0 Å². The third-order valence-electron chi connectivity index (χ3n) is 1.50. The van der Waals surface area contributed by atoms with E-state index in [0.29, 0.717) is 0 Å². The predicted octanol–water partition coefficient (Wildman–Crippen LogP) is 2.57. The minimum absolute atomic E-state index is 0.00758. The highest BCUT2D eigenvalue weighted by molar-refractivity contribution is 5.80. The highest BCUT2D eigenvalue weighted by atomic mass is 16.1. The van der Waals surface area contributed by atoms with E-state index in [9.17, 15) is 4.79 Å². The lowest BCUT2D eigenvalue weighted by Crippen LogP contribution is -2.26. The molecule has 1 N–H and O–H groups in total. The van der Waals surface area contributed by atoms with E-state index in [2.05, 4.69) is 18.5 Å². The molecule has 0 spiro atoms. The Hall–Kier alpha value is -1.57. The number of carbonyl (C=O) groups excluding carboxylic acids is 1. The van der Waals surface area contributed by atoms with Gasteiger partial charge in [0, 0.05) is 11.6 Å². The maximum atomic E-state index is 11.3. The Bertz CT molecular complexity index is 272. The van der Waals surface area contributed by atoms with Crippen LogP contribution >= 0.6 is 0 Å². The zero-order valence-corrected chi connectivity index (χ0v) is 8.79. The van der Waals surface area contributed by atoms with E-state index in [1.807, 2.05) is 13.8 Å². The lowest BCUT2D eigenvalue weighted by molar-refractivity contribution is -0.123. The van der Waals surface area contributed by atoms with Crippen LogP contribution in [0, 0.1) is 5.92 Å². The van der Waals surface area contributed by atoms with Gasteiger partial charge in [-0.1, -0.05) is 45.2 Å². The Labute approximate surface area is 85.7 Å². The number of nitrogens with one attached hydrogen (secondary N) is 1. The molecular weight excluding hydrogens is 174 g/mol. The van der Waals surface area contributed by atoms with Crippen LogP contribution in [0.2, 0.25) is 0 Å². The van der Waals surface area contributed by atoms with Crippen LogP contribution in [0.5, 0.6) is 0 Å². The summed E-state index contributed by atoms with van der Waals surface area (Å²) in [6.45, 7) is 10.8. The summed E-state index contributed by atoms with van der Waals surface area (Å²) >= 11 is 0. The fourth-order valence-corrected chi connectivity index (χ4v) is 0.724. The molecule has 2 heteroatoms. The number of hydrogen-bond donors (Lipinski definition) is 1. The molecule has 76 valence electrons. The van der Waals surface area contributed by atoms with Crippen molar-refractivity contribution in [1.29, 1.82) is 0 Å². The Morgan fingerprint density at radius 2 is 1.93 bits per heavy atom. The second kappa shape index (κ2) is 6.89. The molecule has 14 heavy (non-hydrogen) atoms. The van der Waals surface area contributed by atoms with Gasteiger partial charge in [-0.15, -0.1) is 0 Å². The largest absolute Gasteiger partial charge is 0.326 e. The van der Waals surface area contributed by atoms with Gasteiger partial charge in [0.2, 0.25) is 5.91 Å². The van der Waals surface area contributed by atoms with Crippen molar-refractivity contribution >= 4 is 5.91 Å². The van der Waals surface area contributed by atoms with Gasteiger partial charge in [0.1, 0.15) is 0 Å². The molecule has 1 amide bonds. The first kappa shape index (κ1) is 12.4. The first-order valence-corrected chi connectivity index (χ1v) is 4.54. The number of rotatable bonds is 5. The quantitative estimate of drug-likeness (QED) is 0.665. The van der Waals surface area contributed by atoms with Crippen LogP contribution in [-0.4, -0.2) is 5.91 Å². The van der Waals surface area contributed by atoms with E-state index in [1.54, 1.807) is 30.4 Å². The van der Waals surface area contributed by atoms with E-state index >= 15 is 0 Å². The summed E-state index contributed by atoms with van der Waals surface area (Å²) in [6.07, 6.45) is 8.55. The van der Waals surface area contributed by atoms with Gasteiger partial charge >= 0.3 is 0 Å². The summed E-state index contributed by atoms with van der Waals surface area (Å²) in [7, 11) is 0. The third kappa shape index (κ3) is 5.14. The van der Waals surface area contributed by atoms with Crippen LogP contribution in [0.15, 0.2) is 49.2 Å². The normalized spacial score (nSPS) is 11.8. The second-order valence-electron chi connectivity index (χ2n) is 3.10. The van der Waals surface area contributed by atoms with Crippen molar-refractivity contribution in [2.45, 2.75) is 13.8 Å². The van der Waals surface area contributed by atoms with Crippen LogP contribution in [-0.2, 0) is 4.79 Å². The number of allylic oxidation sites excluding steroid dienone is 5. The van der Waals surface area contributed by atoms with Crippen molar-refractivity contribution in [1.82, 2.24) is 5.32 Å². The third-order valence-corrected chi connectivity index (χ3v) is 1.50. The molecule has 0 saturated carbocycles. The van der Waals surface area contributed by atoms with E-state index in [-0.39, 0.29) is 11.8 Å². The fraction of sp³-hybridized carbons (Fsp3) is 0.250. The first-order valence-electron chi connectivity index (χ1n) is 4.54. The minimum atomic E-state index is -0.0275. The minimum Gasteiger partial charge on any atom is -0.326 e. The average Bonchev–Trinajstić information content (AvgIpc) is 2.14. The lowest BCUT2D eigenvalue weighted by atomic mass is 10.2. The molecule has 0 heterocycles. The molecule has 0 atom stereocenters. The van der Waals surface area contributed by atoms with Crippen molar-refractivity contribution < 1.29 is 4.79 Å². The molecule has 2 nitrogen and oxygen atoms in total. The highest BCUT2D eigenvalue weighted by Gasteiger charge is 2.06. The molecule has 0 radical (unpaired) electrons. The molecule has 0 aromatic heterocycles. The Kier molecular flexibility index (Phi) is 6.12. The zero-order chi connectivity index (χ0) is 11.0. The molecular formula is C12H17NO. The standard InChI is InChI=1S/C12H17NO/c1-5-7-9-11(8-6-2)13-12(14)10(3)4/h5-10H,1-2H2,3-4H3,(H,13,14)/b9-7-,11-8+. The summed E-state index contributed by atoms with van der Waals surface area (Å²) in [5, 5.41) is 2.77. The van der Waals surface area contributed by atoms with Gasteiger partial charge in [-0.25, -0.2) is 0 Å². The molecule has 0 aliphatic heterocycles. The monoisotopic (exact) mass is 191 g/mol. The molecule has 0 aromatic rings. The van der Waals surface area contributed by atoms with Crippen LogP contribution in [0.25, 0.3) is 0 Å². The molecule has 0 rings (SSSR count). The van der Waals surface area contributed by atoms with Crippen molar-refractivity contribution in [3.63, 3.8) is 0 Å². The Morgan fingerprint density at radius 1 is 1.29 bits per heavy atom. The topological polar surface area (TPSA) is 29.1 Å². The maximum absolute atomic E-state index is 11.3. The van der Waals surface area contributed by atoms with Gasteiger partial charge < -0.3 is 5.32 Å². The van der Waals surface area contributed by atoms with Crippen molar-refractivity contribution in [3.05, 3.63) is 49.2 Å². The van der Waals surface area contributed by atoms with Crippen molar-refractivity contribution in [2.75, 3.05) is 0 Å². The predicted molar refractivity (Wildman–Crippen MR) is 60.6 cm³/mol. The zero-order valence-electron chi connectivity index (χ0n) is 8.79. The molecule has 0 unspecified atom stereocenters. The lowest BCUT2D eigenvalue weighted by Gasteiger charge is -2.07.